The summed E-state index contributed by atoms with van der Waals surface area (Å²) in [6, 6.07) is 38.8. The van der Waals surface area contributed by atoms with E-state index in [-0.39, 0.29) is 5.41 Å². The summed E-state index contributed by atoms with van der Waals surface area (Å²) in [4.78, 5) is 35.4. The normalized spacial score (nSPS) is 10.0. The molecule has 9 aromatic rings. The average Bonchev–Trinajstić information content (AvgIpc) is 3.74. The summed E-state index contributed by atoms with van der Waals surface area (Å²) in [6.45, 7) is 28.5. The van der Waals surface area contributed by atoms with Gasteiger partial charge in [-0.15, -0.1) is 0 Å². The van der Waals surface area contributed by atoms with Crippen molar-refractivity contribution >= 4 is 0 Å². The quantitative estimate of drug-likeness (QED) is 0.0774. The number of aromatic nitrogens is 9. The highest BCUT2D eigenvalue weighted by Gasteiger charge is 2.12. The van der Waals surface area contributed by atoms with Crippen LogP contribution in [0.5, 0.6) is 0 Å². The van der Waals surface area contributed by atoms with Gasteiger partial charge in [-0.05, 0) is 235 Å². The van der Waals surface area contributed by atoms with Gasteiger partial charge in [-0.2, -0.15) is 0 Å². The first-order valence-corrected chi connectivity index (χ1v) is 31.8. The smallest absolute Gasteiger partial charge is 0.0270 e. The van der Waals surface area contributed by atoms with E-state index in [0.717, 1.165) is 18.3 Å². The zero-order valence-electron chi connectivity index (χ0n) is 55.2. The number of pyridine rings is 9. The Morgan fingerprint density at radius 2 is 0.663 bits per heavy atom. The minimum absolute atomic E-state index is 0.253. The van der Waals surface area contributed by atoms with E-state index in [1.54, 1.807) is 24.8 Å². The number of aryl methyl sites for hydroxylation is 4. The molecule has 0 aliphatic rings. The SMILES string of the molecule is CC(C)(C)c1ccncc1.CC(C)c1ccncc1.CCC(CC)c1ccncc1.CCCCC(CCCC)c1ccncc1.CCCCCc1ccncc1.CCCc1ccncc1.CCc1ccncc1.Cc1ccncc1.c1ccncc1. The summed E-state index contributed by atoms with van der Waals surface area (Å²) in [7, 11) is 0. The fraction of sp³-hybridized carbons (Fsp3) is 0.416. The summed E-state index contributed by atoms with van der Waals surface area (Å²) in [5.74, 6) is 2.10. The average molecular weight is 1160 g/mol. The Morgan fingerprint density at radius 1 is 0.326 bits per heavy atom. The molecule has 9 aromatic heterocycles. The van der Waals surface area contributed by atoms with Crippen LogP contribution in [0.3, 0.4) is 0 Å². The third kappa shape index (κ3) is 41.4. The summed E-state index contributed by atoms with van der Waals surface area (Å²) in [6.07, 6.45) is 52.0. The Balaban J connectivity index is 0.000000489. The van der Waals surface area contributed by atoms with Crippen LogP contribution in [0.4, 0.5) is 0 Å². The molecule has 0 bridgehead atoms. The summed E-state index contributed by atoms with van der Waals surface area (Å²) in [5.41, 5.74) is 11.2. The van der Waals surface area contributed by atoms with Gasteiger partial charge in [0, 0.05) is 112 Å². The molecule has 0 aromatic carbocycles. The van der Waals surface area contributed by atoms with Crippen LogP contribution < -0.4 is 0 Å². The molecule has 0 aliphatic carbocycles. The van der Waals surface area contributed by atoms with Gasteiger partial charge in [0.2, 0.25) is 0 Å². The monoisotopic (exact) mass is 1160 g/mol. The lowest BCUT2D eigenvalue weighted by Gasteiger charge is -2.17. The molecular formula is C77H109N9. The van der Waals surface area contributed by atoms with Gasteiger partial charge in [-0.3, -0.25) is 44.9 Å². The Bertz CT molecular complexity index is 2720. The molecular weight excluding hydrogens is 1050 g/mol. The predicted octanol–water partition coefficient (Wildman–Crippen LogP) is 21.1. The van der Waals surface area contributed by atoms with Crippen LogP contribution in [0.25, 0.3) is 0 Å². The first-order chi connectivity index (χ1) is 41.9. The minimum Gasteiger partial charge on any atom is -0.265 e. The Kier molecular flexibility index (Phi) is 46.9. The lowest BCUT2D eigenvalue weighted by Crippen LogP contribution is -2.10. The van der Waals surface area contributed by atoms with Gasteiger partial charge in [0.25, 0.3) is 0 Å². The highest BCUT2D eigenvalue weighted by molar-refractivity contribution is 5.20. The van der Waals surface area contributed by atoms with Gasteiger partial charge in [0.15, 0.2) is 0 Å². The van der Waals surface area contributed by atoms with E-state index in [0.29, 0.717) is 5.92 Å². The molecule has 0 amide bonds. The first kappa shape index (κ1) is 76.4. The van der Waals surface area contributed by atoms with Crippen molar-refractivity contribution in [2.75, 3.05) is 0 Å². The minimum atomic E-state index is 0.253. The van der Waals surface area contributed by atoms with E-state index in [9.17, 15) is 0 Å². The van der Waals surface area contributed by atoms with Crippen LogP contribution in [0.2, 0.25) is 0 Å². The molecule has 9 heteroatoms. The topological polar surface area (TPSA) is 116 Å². The second-order valence-corrected chi connectivity index (χ2v) is 22.2. The number of unbranched alkanes of at least 4 members (excludes halogenated alkanes) is 4. The lowest BCUT2D eigenvalue weighted by molar-refractivity contribution is 0.524. The standard InChI is InChI=1S/C14H23N.2C10H15N.C9H13N.2C8H11N.C7H9N.C6H7N.C5H5N/c1-3-5-7-13(8-6-4-2)14-9-11-15-12-10-14;1-3-9(4-2)10-5-7-11-8-6-10;1-2-3-4-5-10-6-8-11-9-7-10;1-9(2,3)8-4-6-10-7-5-8;1-7(2)8-3-5-9-6-4-8;1-2-3-8-4-6-9-7-5-8;1-2-7-3-5-8-6-4-7;1-6-2-4-7-5-3-6;1-2-4-6-5-3-1/h9-13H,3-8H2,1-2H3;5-9H,3-4H2,1-2H3;6-9H,2-5H2,1H3;4-7H,1-3H3;3-7H,1-2H3;4-7H,2-3H2,1H3;3-6H,2H2,1H3;2-5H,1H3;1-5H. The maximum atomic E-state index is 4.09. The van der Waals surface area contributed by atoms with Crippen molar-refractivity contribution in [1.82, 2.24) is 44.9 Å². The zero-order valence-corrected chi connectivity index (χ0v) is 55.2. The maximum absolute atomic E-state index is 4.09. The third-order valence-electron chi connectivity index (χ3n) is 13.7. The van der Waals surface area contributed by atoms with Gasteiger partial charge < -0.3 is 0 Å². The van der Waals surface area contributed by atoms with Crippen molar-refractivity contribution in [3.05, 3.63) is 271 Å². The van der Waals surface area contributed by atoms with Gasteiger partial charge in [0.1, 0.15) is 0 Å². The molecule has 0 fully saturated rings. The number of hydrogen-bond donors (Lipinski definition) is 0. The van der Waals surface area contributed by atoms with Crippen molar-refractivity contribution in [2.24, 2.45) is 0 Å². The molecule has 0 spiro atoms. The number of rotatable bonds is 18. The van der Waals surface area contributed by atoms with Gasteiger partial charge in [0.05, 0.1) is 0 Å². The largest absolute Gasteiger partial charge is 0.265 e. The molecule has 0 unspecified atom stereocenters. The van der Waals surface area contributed by atoms with E-state index in [1.165, 1.54) is 134 Å². The molecule has 9 rings (SSSR count). The highest BCUT2D eigenvalue weighted by atomic mass is 14.6. The first-order valence-electron chi connectivity index (χ1n) is 31.8. The molecule has 0 N–H and O–H groups in total. The molecule has 0 saturated heterocycles. The second kappa shape index (κ2) is 52.9. The molecule has 0 saturated carbocycles. The van der Waals surface area contributed by atoms with E-state index >= 15 is 0 Å². The zero-order chi connectivity index (χ0) is 63.0. The van der Waals surface area contributed by atoms with Crippen LogP contribution >= 0.6 is 0 Å². The lowest BCUT2D eigenvalue weighted by atomic mass is 9.88. The second-order valence-electron chi connectivity index (χ2n) is 22.2. The molecule has 0 atom stereocenters. The van der Waals surface area contributed by atoms with Gasteiger partial charge in [-0.1, -0.05) is 134 Å². The summed E-state index contributed by atoms with van der Waals surface area (Å²) < 4.78 is 0. The molecule has 0 radical (unpaired) electrons. The Hall–Kier alpha value is -7.65. The molecule has 86 heavy (non-hydrogen) atoms. The molecule has 462 valence electrons. The molecule has 0 aliphatic heterocycles. The van der Waals surface area contributed by atoms with Crippen LogP contribution in [0.1, 0.15) is 222 Å². The Morgan fingerprint density at radius 3 is 0.930 bits per heavy atom. The van der Waals surface area contributed by atoms with Crippen LogP contribution in [0.15, 0.2) is 227 Å². The fourth-order valence-corrected chi connectivity index (χ4v) is 8.33. The van der Waals surface area contributed by atoms with Gasteiger partial charge in [-0.25, -0.2) is 0 Å². The van der Waals surface area contributed by atoms with Crippen LogP contribution in [0, 0.1) is 6.92 Å². The maximum Gasteiger partial charge on any atom is 0.0270 e. The fourth-order valence-electron chi connectivity index (χ4n) is 8.33. The van der Waals surface area contributed by atoms with E-state index in [1.807, 2.05) is 148 Å². The number of nitrogens with zero attached hydrogens (tertiary/aromatic N) is 9. The van der Waals surface area contributed by atoms with Crippen LogP contribution in [-0.2, 0) is 24.7 Å². The van der Waals surface area contributed by atoms with Gasteiger partial charge >= 0.3 is 0 Å². The summed E-state index contributed by atoms with van der Waals surface area (Å²) in [5, 5.41) is 0. The third-order valence-corrected chi connectivity index (χ3v) is 13.7. The van der Waals surface area contributed by atoms with E-state index in [2.05, 4.69) is 189 Å². The van der Waals surface area contributed by atoms with Crippen molar-refractivity contribution in [3.63, 3.8) is 0 Å². The predicted molar refractivity (Wildman–Crippen MR) is 367 cm³/mol. The van der Waals surface area contributed by atoms with Crippen molar-refractivity contribution in [1.29, 1.82) is 0 Å². The Labute approximate surface area is 523 Å². The van der Waals surface area contributed by atoms with Crippen molar-refractivity contribution in [2.45, 2.75) is 209 Å². The van der Waals surface area contributed by atoms with Crippen molar-refractivity contribution in [3.8, 4) is 0 Å². The van der Waals surface area contributed by atoms with Crippen molar-refractivity contribution < 1.29 is 0 Å². The van der Waals surface area contributed by atoms with Crippen LogP contribution in [-0.4, -0.2) is 44.9 Å². The summed E-state index contributed by atoms with van der Waals surface area (Å²) >= 11 is 0. The highest BCUT2D eigenvalue weighted by Crippen LogP contribution is 2.27. The van der Waals surface area contributed by atoms with E-state index < -0.39 is 0 Å². The molecule has 9 heterocycles. The number of hydrogen-bond acceptors (Lipinski definition) is 9. The van der Waals surface area contributed by atoms with E-state index in [4.69, 9.17) is 0 Å². The molecule has 9 nitrogen and oxygen atoms in total.